The average molecular weight is 313 g/mol. The molecule has 1 atom stereocenters. The molecule has 1 fully saturated rings. The number of H-pyrrole nitrogens is 1. The maximum absolute atomic E-state index is 12.8. The number of aromatic amines is 1. The third kappa shape index (κ3) is 3.27. The Hall–Kier alpha value is -2.60. The van der Waals surface area contributed by atoms with Crippen LogP contribution in [-0.4, -0.2) is 42.5 Å². The second kappa shape index (κ2) is 6.66. The molecular formula is C17H19N3O3. The Balaban J connectivity index is 1.88. The van der Waals surface area contributed by atoms with Gasteiger partial charge in [-0.15, -0.1) is 0 Å². The first kappa shape index (κ1) is 15.3. The largest absolute Gasteiger partial charge is 0.497 e. The topological polar surface area (TPSA) is 74.4 Å². The van der Waals surface area contributed by atoms with Crippen LogP contribution >= 0.6 is 0 Å². The normalized spacial score (nSPS) is 17.8. The van der Waals surface area contributed by atoms with E-state index in [1.54, 1.807) is 24.1 Å². The maximum Gasteiger partial charge on any atom is 0.270 e. The van der Waals surface area contributed by atoms with Crippen molar-refractivity contribution in [1.29, 1.82) is 0 Å². The molecular weight excluding hydrogens is 294 g/mol. The number of carbonyl (C=O) groups excluding carboxylic acids is 1. The summed E-state index contributed by atoms with van der Waals surface area (Å²) in [4.78, 5) is 28.6. The first-order chi connectivity index (χ1) is 11.2. The fourth-order valence-electron chi connectivity index (χ4n) is 2.80. The third-order valence-electron chi connectivity index (χ3n) is 4.00. The standard InChI is InChI=1S/C17H19N3O3/c1-23-13-7-5-12(6-8-13)15-11-18-9-10-20(15)17(22)14-3-2-4-16(21)19-14/h2-8,15,18H,9-11H2,1H3,(H,19,21). The quantitative estimate of drug-likeness (QED) is 0.892. The molecule has 0 radical (unpaired) electrons. The van der Waals surface area contributed by atoms with Gasteiger partial charge in [-0.05, 0) is 23.8 Å². The summed E-state index contributed by atoms with van der Waals surface area (Å²) in [5.74, 6) is 0.618. The summed E-state index contributed by atoms with van der Waals surface area (Å²) in [6, 6.07) is 12.2. The minimum Gasteiger partial charge on any atom is -0.497 e. The van der Waals surface area contributed by atoms with E-state index in [2.05, 4.69) is 10.3 Å². The molecule has 23 heavy (non-hydrogen) atoms. The number of carbonyl (C=O) groups is 1. The highest BCUT2D eigenvalue weighted by Crippen LogP contribution is 2.25. The van der Waals surface area contributed by atoms with Crippen molar-refractivity contribution in [3.8, 4) is 5.75 Å². The van der Waals surface area contributed by atoms with Crippen molar-refractivity contribution in [2.75, 3.05) is 26.7 Å². The smallest absolute Gasteiger partial charge is 0.270 e. The van der Waals surface area contributed by atoms with E-state index < -0.39 is 0 Å². The number of methoxy groups -OCH3 is 1. The first-order valence-electron chi connectivity index (χ1n) is 7.54. The fourth-order valence-corrected chi connectivity index (χ4v) is 2.80. The zero-order valence-corrected chi connectivity index (χ0v) is 12.9. The molecule has 0 saturated carbocycles. The number of amides is 1. The van der Waals surface area contributed by atoms with Crippen LogP contribution in [-0.2, 0) is 0 Å². The van der Waals surface area contributed by atoms with Crippen molar-refractivity contribution in [3.63, 3.8) is 0 Å². The number of nitrogens with one attached hydrogen (secondary N) is 2. The Morgan fingerprint density at radius 1 is 1.22 bits per heavy atom. The van der Waals surface area contributed by atoms with Crippen LogP contribution in [0.15, 0.2) is 47.3 Å². The minimum atomic E-state index is -0.271. The number of benzene rings is 1. The van der Waals surface area contributed by atoms with Crippen molar-refractivity contribution in [2.45, 2.75) is 6.04 Å². The predicted octanol–water partition coefficient (Wildman–Crippen LogP) is 1.17. The zero-order valence-electron chi connectivity index (χ0n) is 12.9. The Bertz CT molecular complexity index is 739. The molecule has 2 aromatic rings. The van der Waals surface area contributed by atoms with Gasteiger partial charge < -0.3 is 19.9 Å². The highest BCUT2D eigenvalue weighted by Gasteiger charge is 2.29. The van der Waals surface area contributed by atoms with Gasteiger partial charge in [0, 0.05) is 25.7 Å². The summed E-state index contributed by atoms with van der Waals surface area (Å²) in [6.45, 7) is 2.00. The summed E-state index contributed by atoms with van der Waals surface area (Å²) in [6.07, 6.45) is 0. The molecule has 1 aliphatic heterocycles. The second-order valence-electron chi connectivity index (χ2n) is 5.42. The summed E-state index contributed by atoms with van der Waals surface area (Å²) >= 11 is 0. The molecule has 0 bridgehead atoms. The van der Waals surface area contributed by atoms with Crippen LogP contribution in [0, 0.1) is 0 Å². The van der Waals surface area contributed by atoms with Gasteiger partial charge in [0.25, 0.3) is 5.91 Å². The summed E-state index contributed by atoms with van der Waals surface area (Å²) in [5, 5.41) is 3.31. The Kier molecular flexibility index (Phi) is 4.43. The SMILES string of the molecule is COc1ccc(C2CNCCN2C(=O)c2cccc(=O)[nH]2)cc1. The molecule has 1 aliphatic rings. The predicted molar refractivity (Wildman–Crippen MR) is 86.7 cm³/mol. The Labute approximate surface area is 134 Å². The van der Waals surface area contributed by atoms with Crippen LogP contribution in [0.4, 0.5) is 0 Å². The molecule has 120 valence electrons. The van der Waals surface area contributed by atoms with Gasteiger partial charge in [0.1, 0.15) is 11.4 Å². The number of piperazine rings is 1. The molecule has 1 aromatic heterocycles. The van der Waals surface area contributed by atoms with Crippen LogP contribution in [0.25, 0.3) is 0 Å². The van der Waals surface area contributed by atoms with E-state index in [1.807, 2.05) is 24.3 Å². The first-order valence-corrected chi connectivity index (χ1v) is 7.54. The van der Waals surface area contributed by atoms with Crippen LogP contribution < -0.4 is 15.6 Å². The van der Waals surface area contributed by atoms with E-state index in [0.29, 0.717) is 18.8 Å². The highest BCUT2D eigenvalue weighted by atomic mass is 16.5. The Morgan fingerprint density at radius 3 is 2.70 bits per heavy atom. The molecule has 6 heteroatoms. The molecule has 1 amide bonds. The molecule has 0 spiro atoms. The number of hydrogen-bond donors (Lipinski definition) is 2. The van der Waals surface area contributed by atoms with Crippen molar-refractivity contribution in [1.82, 2.24) is 15.2 Å². The fraction of sp³-hybridized carbons (Fsp3) is 0.294. The van der Waals surface area contributed by atoms with E-state index in [-0.39, 0.29) is 17.5 Å². The second-order valence-corrected chi connectivity index (χ2v) is 5.42. The molecule has 6 nitrogen and oxygen atoms in total. The number of ether oxygens (including phenoxy) is 1. The molecule has 2 N–H and O–H groups in total. The van der Waals surface area contributed by atoms with Crippen molar-refractivity contribution >= 4 is 5.91 Å². The maximum atomic E-state index is 12.8. The molecule has 1 unspecified atom stereocenters. The molecule has 1 saturated heterocycles. The number of nitrogens with zero attached hydrogens (tertiary/aromatic N) is 1. The number of aromatic nitrogens is 1. The van der Waals surface area contributed by atoms with Gasteiger partial charge in [0.15, 0.2) is 0 Å². The summed E-state index contributed by atoms with van der Waals surface area (Å²) in [7, 11) is 1.62. The monoisotopic (exact) mass is 313 g/mol. The third-order valence-corrected chi connectivity index (χ3v) is 4.00. The van der Waals surface area contributed by atoms with E-state index in [0.717, 1.165) is 17.9 Å². The minimum absolute atomic E-state index is 0.0779. The highest BCUT2D eigenvalue weighted by molar-refractivity contribution is 5.92. The molecule has 2 heterocycles. The number of rotatable bonds is 3. The van der Waals surface area contributed by atoms with Crippen molar-refractivity contribution in [3.05, 3.63) is 64.1 Å². The van der Waals surface area contributed by atoms with Crippen molar-refractivity contribution in [2.24, 2.45) is 0 Å². The van der Waals surface area contributed by atoms with E-state index in [9.17, 15) is 9.59 Å². The zero-order chi connectivity index (χ0) is 16.2. The van der Waals surface area contributed by atoms with Crippen LogP contribution in [0.2, 0.25) is 0 Å². The van der Waals surface area contributed by atoms with Gasteiger partial charge in [0.2, 0.25) is 5.56 Å². The lowest BCUT2D eigenvalue weighted by molar-refractivity contribution is 0.0628. The van der Waals surface area contributed by atoms with E-state index in [4.69, 9.17) is 4.74 Å². The van der Waals surface area contributed by atoms with Gasteiger partial charge in [0.05, 0.1) is 13.2 Å². The van der Waals surface area contributed by atoms with Gasteiger partial charge in [-0.2, -0.15) is 0 Å². The van der Waals surface area contributed by atoms with Gasteiger partial charge >= 0.3 is 0 Å². The van der Waals surface area contributed by atoms with E-state index in [1.165, 1.54) is 6.07 Å². The average Bonchev–Trinajstić information content (AvgIpc) is 2.61. The van der Waals surface area contributed by atoms with Gasteiger partial charge in [-0.25, -0.2) is 0 Å². The van der Waals surface area contributed by atoms with E-state index >= 15 is 0 Å². The Morgan fingerprint density at radius 2 is 2.00 bits per heavy atom. The summed E-state index contributed by atoms with van der Waals surface area (Å²) in [5.41, 5.74) is 1.08. The molecule has 3 rings (SSSR count). The number of pyridine rings is 1. The lowest BCUT2D eigenvalue weighted by Gasteiger charge is -2.36. The summed E-state index contributed by atoms with van der Waals surface area (Å²) < 4.78 is 5.18. The van der Waals surface area contributed by atoms with Crippen LogP contribution in [0.1, 0.15) is 22.1 Å². The van der Waals surface area contributed by atoms with Crippen molar-refractivity contribution < 1.29 is 9.53 Å². The number of hydrogen-bond acceptors (Lipinski definition) is 4. The van der Waals surface area contributed by atoms with Gasteiger partial charge in [-0.3, -0.25) is 9.59 Å². The van der Waals surface area contributed by atoms with Gasteiger partial charge in [-0.1, -0.05) is 18.2 Å². The van der Waals surface area contributed by atoms with Crippen LogP contribution in [0.3, 0.4) is 0 Å². The van der Waals surface area contributed by atoms with Crippen LogP contribution in [0.5, 0.6) is 5.75 Å². The molecule has 0 aliphatic carbocycles. The lowest BCUT2D eigenvalue weighted by atomic mass is 10.0. The molecule has 1 aromatic carbocycles. The lowest BCUT2D eigenvalue weighted by Crippen LogP contribution is -2.49.